The van der Waals surface area contributed by atoms with Gasteiger partial charge in [0.05, 0.1) is 18.2 Å². The van der Waals surface area contributed by atoms with E-state index in [4.69, 9.17) is 4.74 Å². The molecule has 1 amide bonds. The van der Waals surface area contributed by atoms with Gasteiger partial charge in [0.2, 0.25) is 6.41 Å². The second-order valence-corrected chi connectivity index (χ2v) is 6.34. The smallest absolute Gasteiger partial charge is 0.364 e. The van der Waals surface area contributed by atoms with Crippen molar-refractivity contribution in [2.75, 3.05) is 13.1 Å². The molecule has 1 aromatic rings. The minimum atomic E-state index is -4.43. The minimum absolute atomic E-state index is 0.217. The van der Waals surface area contributed by atoms with E-state index < -0.39 is 17.3 Å². The predicted octanol–water partition coefficient (Wildman–Crippen LogP) is 3.56. The molecule has 0 aromatic heterocycles. The third kappa shape index (κ3) is 3.58. The Hall–Kier alpha value is -1.08. The van der Waals surface area contributed by atoms with Crippen LogP contribution < -0.4 is 0 Å². The third-order valence-corrected chi connectivity index (χ3v) is 3.90. The van der Waals surface area contributed by atoms with Gasteiger partial charge in [-0.25, -0.2) is 0 Å². The fourth-order valence-electron chi connectivity index (χ4n) is 2.60. The molecule has 1 aliphatic rings. The number of morpholine rings is 1. The van der Waals surface area contributed by atoms with Gasteiger partial charge in [-0.3, -0.25) is 4.79 Å². The van der Waals surface area contributed by atoms with Crippen molar-refractivity contribution in [3.05, 3.63) is 33.8 Å². The number of halogens is 4. The van der Waals surface area contributed by atoms with Crippen molar-refractivity contribution in [1.29, 1.82) is 0 Å². The van der Waals surface area contributed by atoms with E-state index in [0.29, 0.717) is 23.0 Å². The maximum Gasteiger partial charge on any atom is 0.416 e. The number of alkyl halides is 3. The van der Waals surface area contributed by atoms with E-state index >= 15 is 0 Å². The Bertz CT molecular complexity index is 550. The molecule has 0 unspecified atom stereocenters. The SMILES string of the molecule is C[C@H]1CN(C=O)C[C@](C)(c2cc(Br)cc(C(F)(F)F)c2)O1. The van der Waals surface area contributed by atoms with E-state index in [0.717, 1.165) is 12.1 Å². The molecule has 2 atom stereocenters. The summed E-state index contributed by atoms with van der Waals surface area (Å²) in [4.78, 5) is 12.5. The largest absolute Gasteiger partial charge is 0.416 e. The highest BCUT2D eigenvalue weighted by Gasteiger charge is 2.39. The summed E-state index contributed by atoms with van der Waals surface area (Å²) in [5.41, 5.74) is -1.32. The second-order valence-electron chi connectivity index (χ2n) is 5.42. The second kappa shape index (κ2) is 5.61. The molecule has 0 saturated carbocycles. The van der Waals surface area contributed by atoms with Gasteiger partial charge < -0.3 is 9.64 Å². The van der Waals surface area contributed by atoms with Crippen molar-refractivity contribution in [3.8, 4) is 0 Å². The molecule has 21 heavy (non-hydrogen) atoms. The Balaban J connectivity index is 2.44. The maximum absolute atomic E-state index is 12.9. The van der Waals surface area contributed by atoms with Crippen molar-refractivity contribution in [2.24, 2.45) is 0 Å². The van der Waals surface area contributed by atoms with E-state index in [-0.39, 0.29) is 12.6 Å². The van der Waals surface area contributed by atoms with Crippen LogP contribution in [0.3, 0.4) is 0 Å². The van der Waals surface area contributed by atoms with Gasteiger partial charge in [-0.1, -0.05) is 15.9 Å². The fraction of sp³-hybridized carbons (Fsp3) is 0.500. The monoisotopic (exact) mass is 365 g/mol. The molecule has 2 rings (SSSR count). The Morgan fingerprint density at radius 1 is 1.43 bits per heavy atom. The van der Waals surface area contributed by atoms with E-state index in [2.05, 4.69) is 15.9 Å². The molecule has 0 aliphatic carbocycles. The third-order valence-electron chi connectivity index (χ3n) is 3.44. The van der Waals surface area contributed by atoms with E-state index in [1.54, 1.807) is 19.9 Å². The maximum atomic E-state index is 12.9. The van der Waals surface area contributed by atoms with Crippen LogP contribution in [0.2, 0.25) is 0 Å². The average molecular weight is 366 g/mol. The van der Waals surface area contributed by atoms with Crippen molar-refractivity contribution in [2.45, 2.75) is 31.7 Å². The first-order chi connectivity index (χ1) is 9.64. The lowest BCUT2D eigenvalue weighted by atomic mass is 9.91. The van der Waals surface area contributed by atoms with Gasteiger partial charge in [-0.2, -0.15) is 13.2 Å². The summed E-state index contributed by atoms with van der Waals surface area (Å²) in [6.07, 6.45) is -3.98. The molecule has 0 N–H and O–H groups in total. The van der Waals surface area contributed by atoms with Gasteiger partial charge in [0.1, 0.15) is 5.60 Å². The van der Waals surface area contributed by atoms with Gasteiger partial charge >= 0.3 is 6.18 Å². The van der Waals surface area contributed by atoms with Gasteiger partial charge in [-0.05, 0) is 37.6 Å². The molecular weight excluding hydrogens is 351 g/mol. The highest BCUT2D eigenvalue weighted by Crippen LogP contribution is 2.37. The van der Waals surface area contributed by atoms with Crippen molar-refractivity contribution in [3.63, 3.8) is 0 Å². The number of ether oxygens (including phenoxy) is 1. The molecule has 0 radical (unpaired) electrons. The van der Waals surface area contributed by atoms with Gasteiger partial charge in [0.15, 0.2) is 0 Å². The lowest BCUT2D eigenvalue weighted by Gasteiger charge is -2.42. The van der Waals surface area contributed by atoms with E-state index in [1.807, 2.05) is 0 Å². The summed E-state index contributed by atoms with van der Waals surface area (Å²) in [6, 6.07) is 3.69. The number of rotatable bonds is 2. The Morgan fingerprint density at radius 3 is 2.67 bits per heavy atom. The average Bonchev–Trinajstić information content (AvgIpc) is 2.36. The first-order valence-corrected chi connectivity index (χ1v) is 7.19. The van der Waals surface area contributed by atoms with Crippen LogP contribution in [0.15, 0.2) is 22.7 Å². The van der Waals surface area contributed by atoms with Gasteiger partial charge in [0, 0.05) is 11.0 Å². The Morgan fingerprint density at radius 2 is 2.10 bits per heavy atom. The summed E-state index contributed by atoms with van der Waals surface area (Å²) < 4.78 is 44.9. The summed E-state index contributed by atoms with van der Waals surface area (Å²) >= 11 is 3.10. The van der Waals surface area contributed by atoms with Crippen LogP contribution in [-0.2, 0) is 21.3 Å². The summed E-state index contributed by atoms with van der Waals surface area (Å²) in [6.45, 7) is 4.13. The van der Waals surface area contributed by atoms with Crippen LogP contribution >= 0.6 is 15.9 Å². The first kappa shape index (κ1) is 16.3. The summed E-state index contributed by atoms with van der Waals surface area (Å²) in [5.74, 6) is 0. The molecule has 1 aliphatic heterocycles. The number of hydrogen-bond acceptors (Lipinski definition) is 2. The molecule has 0 spiro atoms. The molecule has 1 saturated heterocycles. The van der Waals surface area contributed by atoms with E-state index in [9.17, 15) is 18.0 Å². The summed E-state index contributed by atoms with van der Waals surface area (Å²) in [5, 5.41) is 0. The van der Waals surface area contributed by atoms with Crippen molar-refractivity contribution in [1.82, 2.24) is 4.90 Å². The predicted molar refractivity (Wildman–Crippen MR) is 74.7 cm³/mol. The lowest BCUT2D eigenvalue weighted by molar-refractivity contribution is -0.156. The quantitative estimate of drug-likeness (QED) is 0.750. The molecule has 1 fully saturated rings. The van der Waals surface area contributed by atoms with Crippen LogP contribution in [-0.4, -0.2) is 30.5 Å². The van der Waals surface area contributed by atoms with Gasteiger partial charge in [-0.15, -0.1) is 0 Å². The molecule has 1 heterocycles. The Labute approximate surface area is 129 Å². The molecule has 3 nitrogen and oxygen atoms in total. The number of amides is 1. The Kier molecular flexibility index (Phi) is 4.35. The summed E-state index contributed by atoms with van der Waals surface area (Å²) in [7, 11) is 0. The molecule has 1 aromatic carbocycles. The number of nitrogens with zero attached hydrogens (tertiary/aromatic N) is 1. The van der Waals surface area contributed by atoms with Crippen molar-refractivity contribution >= 4 is 22.3 Å². The van der Waals surface area contributed by atoms with Crippen LogP contribution in [0.5, 0.6) is 0 Å². The van der Waals surface area contributed by atoms with Gasteiger partial charge in [0.25, 0.3) is 0 Å². The normalized spacial score (nSPS) is 26.8. The first-order valence-electron chi connectivity index (χ1n) is 6.39. The molecule has 116 valence electrons. The zero-order valence-corrected chi connectivity index (χ0v) is 13.2. The molecule has 0 bridgehead atoms. The standard InChI is InChI=1S/C14H15BrF3NO2/c1-9-6-19(8-20)7-13(2,21-9)10-3-11(14(16,17)18)5-12(15)4-10/h3-5,8-9H,6-7H2,1-2H3/t9-,13+/m0/s1. The highest BCUT2D eigenvalue weighted by atomic mass is 79.9. The van der Waals surface area contributed by atoms with Crippen LogP contribution in [0, 0.1) is 0 Å². The number of carbonyl (C=O) groups excluding carboxylic acids is 1. The van der Waals surface area contributed by atoms with Crippen molar-refractivity contribution < 1.29 is 22.7 Å². The molecule has 7 heteroatoms. The minimum Gasteiger partial charge on any atom is -0.364 e. The zero-order chi connectivity index (χ0) is 15.8. The molecular formula is C14H15BrF3NO2. The number of hydrogen-bond donors (Lipinski definition) is 0. The fourth-order valence-corrected chi connectivity index (χ4v) is 3.09. The van der Waals surface area contributed by atoms with Crippen LogP contribution in [0.4, 0.5) is 13.2 Å². The zero-order valence-electron chi connectivity index (χ0n) is 11.6. The topological polar surface area (TPSA) is 29.5 Å². The number of carbonyl (C=O) groups is 1. The van der Waals surface area contributed by atoms with Crippen LogP contribution in [0.1, 0.15) is 25.0 Å². The lowest BCUT2D eigenvalue weighted by Crippen LogP contribution is -2.51. The van der Waals surface area contributed by atoms with E-state index in [1.165, 1.54) is 4.90 Å². The highest BCUT2D eigenvalue weighted by molar-refractivity contribution is 9.10. The number of benzene rings is 1. The van der Waals surface area contributed by atoms with Crippen LogP contribution in [0.25, 0.3) is 0 Å².